The second-order valence-electron chi connectivity index (χ2n) is 6.46. The van der Waals surface area contributed by atoms with E-state index in [0.717, 1.165) is 45.3 Å². The number of carboxylic acid groups (broad SMARTS) is 1. The number of methoxy groups -OCH3 is 1. The first-order chi connectivity index (χ1) is 9.53. The Kier molecular flexibility index (Phi) is 5.41. The third kappa shape index (κ3) is 4.43. The molecule has 0 aromatic carbocycles. The minimum absolute atomic E-state index is 0.346. The van der Waals surface area contributed by atoms with Gasteiger partial charge in [-0.25, -0.2) is 0 Å². The Morgan fingerprint density at radius 2 is 2.20 bits per heavy atom. The number of piperidine rings is 1. The number of rotatable bonds is 8. The van der Waals surface area contributed by atoms with Gasteiger partial charge in [-0.3, -0.25) is 10.1 Å². The van der Waals surface area contributed by atoms with E-state index in [-0.39, 0.29) is 0 Å². The van der Waals surface area contributed by atoms with Crippen LogP contribution in [0.1, 0.15) is 45.4 Å². The van der Waals surface area contributed by atoms with E-state index in [1.54, 1.807) is 7.11 Å². The van der Waals surface area contributed by atoms with Crippen molar-refractivity contribution < 1.29 is 14.6 Å². The van der Waals surface area contributed by atoms with E-state index in [9.17, 15) is 9.90 Å². The Hall–Kier alpha value is -0.650. The van der Waals surface area contributed by atoms with Gasteiger partial charge in [0.2, 0.25) is 0 Å². The number of hydrogen-bond donors (Lipinski definition) is 2. The summed E-state index contributed by atoms with van der Waals surface area (Å²) in [5.41, 5.74) is -0.766. The predicted molar refractivity (Wildman–Crippen MR) is 77.9 cm³/mol. The van der Waals surface area contributed by atoms with Gasteiger partial charge in [0.05, 0.1) is 6.10 Å². The summed E-state index contributed by atoms with van der Waals surface area (Å²) in [5, 5.41) is 12.7. The van der Waals surface area contributed by atoms with Gasteiger partial charge in [0, 0.05) is 19.7 Å². The lowest BCUT2D eigenvalue weighted by Crippen LogP contribution is -2.51. The number of likely N-dealkylation sites (tertiary alicyclic amines) is 1. The number of nitrogens with zero attached hydrogens (tertiary/aromatic N) is 1. The van der Waals surface area contributed by atoms with Crippen molar-refractivity contribution >= 4 is 5.97 Å². The molecule has 0 bridgehead atoms. The molecule has 2 aliphatic rings. The van der Waals surface area contributed by atoms with E-state index >= 15 is 0 Å². The summed E-state index contributed by atoms with van der Waals surface area (Å²) in [5.74, 6) is -0.724. The molecule has 5 nitrogen and oxygen atoms in total. The van der Waals surface area contributed by atoms with Crippen molar-refractivity contribution in [3.05, 3.63) is 0 Å². The third-order valence-electron chi connectivity index (χ3n) is 4.52. The maximum atomic E-state index is 11.5. The van der Waals surface area contributed by atoms with Crippen LogP contribution in [0.2, 0.25) is 0 Å². The molecule has 1 saturated carbocycles. The van der Waals surface area contributed by atoms with Gasteiger partial charge in [0.25, 0.3) is 0 Å². The van der Waals surface area contributed by atoms with Crippen LogP contribution in [0.15, 0.2) is 0 Å². The molecule has 2 N–H and O–H groups in total. The number of carbonyl (C=O) groups is 1. The van der Waals surface area contributed by atoms with E-state index < -0.39 is 11.5 Å². The van der Waals surface area contributed by atoms with Gasteiger partial charge in [0.15, 0.2) is 0 Å². The molecule has 0 spiro atoms. The van der Waals surface area contributed by atoms with Crippen molar-refractivity contribution in [2.75, 3.05) is 26.7 Å². The first kappa shape index (κ1) is 15.7. The molecular weight excluding hydrogens is 256 g/mol. The fourth-order valence-corrected chi connectivity index (χ4v) is 2.98. The molecule has 2 fully saturated rings. The van der Waals surface area contributed by atoms with Gasteiger partial charge in [-0.1, -0.05) is 0 Å². The molecule has 0 radical (unpaired) electrons. The van der Waals surface area contributed by atoms with E-state index in [0.29, 0.717) is 18.6 Å². The zero-order valence-electron chi connectivity index (χ0n) is 12.7. The highest BCUT2D eigenvalue weighted by Gasteiger charge is 2.38. The van der Waals surface area contributed by atoms with Crippen LogP contribution < -0.4 is 5.32 Å². The van der Waals surface area contributed by atoms with Crippen molar-refractivity contribution in [1.82, 2.24) is 10.2 Å². The lowest BCUT2D eigenvalue weighted by atomic mass is 9.95. The Labute approximate surface area is 121 Å². The van der Waals surface area contributed by atoms with Crippen LogP contribution in [-0.4, -0.2) is 60.4 Å². The highest BCUT2D eigenvalue weighted by molar-refractivity contribution is 5.78. The summed E-state index contributed by atoms with van der Waals surface area (Å²) in [6.45, 7) is 4.88. The molecule has 2 unspecified atom stereocenters. The Morgan fingerprint density at radius 1 is 1.45 bits per heavy atom. The molecular formula is C15H28N2O3. The second-order valence-corrected chi connectivity index (χ2v) is 6.46. The van der Waals surface area contributed by atoms with Crippen LogP contribution in [0.4, 0.5) is 0 Å². The smallest absolute Gasteiger partial charge is 0.323 e. The van der Waals surface area contributed by atoms with E-state index in [2.05, 4.69) is 10.2 Å². The van der Waals surface area contributed by atoms with Crippen LogP contribution in [0, 0.1) is 0 Å². The first-order valence-corrected chi connectivity index (χ1v) is 7.80. The summed E-state index contributed by atoms with van der Waals surface area (Å²) >= 11 is 0. The predicted octanol–water partition coefficient (Wildman–Crippen LogP) is 1.47. The van der Waals surface area contributed by atoms with Gasteiger partial charge >= 0.3 is 5.97 Å². The number of nitrogens with one attached hydrogen (secondary N) is 1. The molecule has 1 aliphatic carbocycles. The summed E-state index contributed by atoms with van der Waals surface area (Å²) in [6, 6.07) is 0.420. The fraction of sp³-hybridized carbons (Fsp3) is 0.933. The summed E-state index contributed by atoms with van der Waals surface area (Å²) in [7, 11) is 1.77. The molecule has 1 heterocycles. The molecule has 2 rings (SSSR count). The standard InChI is InChI=1S/C15H28N2O3/c1-15(14(18)19,16-12-6-7-12)8-4-10-17-9-3-5-13(11-17)20-2/h12-13,16H,3-11H2,1-2H3,(H,18,19). The molecule has 1 saturated heterocycles. The first-order valence-electron chi connectivity index (χ1n) is 7.80. The van der Waals surface area contributed by atoms with Gasteiger partial charge in [-0.05, 0) is 58.5 Å². The van der Waals surface area contributed by atoms with Gasteiger partial charge < -0.3 is 14.7 Å². The zero-order valence-corrected chi connectivity index (χ0v) is 12.7. The van der Waals surface area contributed by atoms with Gasteiger partial charge in [-0.15, -0.1) is 0 Å². The fourth-order valence-electron chi connectivity index (χ4n) is 2.98. The van der Waals surface area contributed by atoms with Gasteiger partial charge in [0.1, 0.15) is 5.54 Å². The molecule has 1 aliphatic heterocycles. The number of aliphatic carboxylic acids is 1. The van der Waals surface area contributed by atoms with E-state index in [1.807, 2.05) is 6.92 Å². The zero-order chi connectivity index (χ0) is 14.6. The average molecular weight is 284 g/mol. The maximum Gasteiger partial charge on any atom is 0.323 e. The molecule has 0 aromatic heterocycles. The quantitative estimate of drug-likeness (QED) is 0.707. The monoisotopic (exact) mass is 284 g/mol. The summed E-state index contributed by atoms with van der Waals surface area (Å²) in [4.78, 5) is 13.9. The number of hydrogen-bond acceptors (Lipinski definition) is 4. The van der Waals surface area contributed by atoms with Crippen molar-refractivity contribution in [3.8, 4) is 0 Å². The maximum absolute atomic E-state index is 11.5. The van der Waals surface area contributed by atoms with Crippen molar-refractivity contribution in [1.29, 1.82) is 0 Å². The van der Waals surface area contributed by atoms with Crippen LogP contribution in [0.3, 0.4) is 0 Å². The molecule has 5 heteroatoms. The van der Waals surface area contributed by atoms with E-state index in [4.69, 9.17) is 4.74 Å². The van der Waals surface area contributed by atoms with Crippen LogP contribution in [0.25, 0.3) is 0 Å². The molecule has 0 amide bonds. The molecule has 116 valence electrons. The van der Waals surface area contributed by atoms with E-state index in [1.165, 1.54) is 6.42 Å². The molecule has 2 atom stereocenters. The number of ether oxygens (including phenoxy) is 1. The lowest BCUT2D eigenvalue weighted by molar-refractivity contribution is -0.144. The number of carboxylic acids is 1. The summed E-state index contributed by atoms with van der Waals surface area (Å²) in [6.07, 6.45) is 6.50. The van der Waals surface area contributed by atoms with Crippen LogP contribution in [0.5, 0.6) is 0 Å². The third-order valence-corrected chi connectivity index (χ3v) is 4.52. The van der Waals surface area contributed by atoms with Crippen LogP contribution >= 0.6 is 0 Å². The molecule has 20 heavy (non-hydrogen) atoms. The Morgan fingerprint density at radius 3 is 2.80 bits per heavy atom. The van der Waals surface area contributed by atoms with Gasteiger partial charge in [-0.2, -0.15) is 0 Å². The van der Waals surface area contributed by atoms with Crippen molar-refractivity contribution in [2.45, 2.75) is 63.1 Å². The largest absolute Gasteiger partial charge is 0.480 e. The van der Waals surface area contributed by atoms with Crippen molar-refractivity contribution in [3.63, 3.8) is 0 Å². The topological polar surface area (TPSA) is 61.8 Å². The summed E-state index contributed by atoms with van der Waals surface area (Å²) < 4.78 is 5.42. The SMILES string of the molecule is COC1CCCN(CCCC(C)(NC2CC2)C(=O)O)C1. The lowest BCUT2D eigenvalue weighted by Gasteiger charge is -2.33. The average Bonchev–Trinajstić information content (AvgIpc) is 3.22. The highest BCUT2D eigenvalue weighted by atomic mass is 16.5. The second kappa shape index (κ2) is 6.87. The van der Waals surface area contributed by atoms with Crippen LogP contribution in [-0.2, 0) is 9.53 Å². The Balaban J connectivity index is 1.73. The normalized spacial score (nSPS) is 27.2. The molecule has 0 aromatic rings. The Bertz CT molecular complexity index is 333. The minimum atomic E-state index is -0.766. The highest BCUT2D eigenvalue weighted by Crippen LogP contribution is 2.25. The minimum Gasteiger partial charge on any atom is -0.480 e. The van der Waals surface area contributed by atoms with Crippen molar-refractivity contribution in [2.24, 2.45) is 0 Å².